The molecule has 1 aliphatic carbocycles. The van der Waals surface area contributed by atoms with Crippen molar-refractivity contribution in [1.82, 2.24) is 34.4 Å². The highest BCUT2D eigenvalue weighted by atomic mass is 16.5. The highest BCUT2D eigenvalue weighted by molar-refractivity contribution is 5.87. The standard InChI is InChI=1S/C39H50N8O4/c1-27-7-6-8-28(21-27)25-47-37-31(24-42-47)36(40-26-41-37)44-17-19-45(20-18-44)38(49)29-9-13-39(14-10-29)32-23-34(51-5)33(50-4)22-30(32)11-16-46(39)35(48)12-15-43(2)3/h6-8,21-24,26,29H,9-20,25H2,1-5H3. The minimum atomic E-state index is -0.464. The molecule has 2 aromatic carbocycles. The number of anilines is 1. The quantitative estimate of drug-likeness (QED) is 0.254. The van der Waals surface area contributed by atoms with Crippen LogP contribution >= 0.6 is 0 Å². The second-order valence-corrected chi connectivity index (χ2v) is 14.6. The number of carbonyl (C=O) groups excluding carboxylic acids is 2. The van der Waals surface area contributed by atoms with E-state index in [-0.39, 0.29) is 17.7 Å². The van der Waals surface area contributed by atoms with Crippen molar-refractivity contribution in [2.45, 2.75) is 57.5 Å². The number of fused-ring (bicyclic) bond motifs is 3. The van der Waals surface area contributed by atoms with E-state index in [9.17, 15) is 9.59 Å². The Morgan fingerprint density at radius 3 is 2.41 bits per heavy atom. The van der Waals surface area contributed by atoms with Crippen molar-refractivity contribution in [3.63, 3.8) is 0 Å². The van der Waals surface area contributed by atoms with Crippen molar-refractivity contribution in [3.05, 3.63) is 71.2 Å². The van der Waals surface area contributed by atoms with Gasteiger partial charge in [0.15, 0.2) is 17.1 Å². The average Bonchev–Trinajstić information content (AvgIpc) is 3.56. The number of nitrogens with zero attached hydrogens (tertiary/aromatic N) is 8. The summed E-state index contributed by atoms with van der Waals surface area (Å²) in [7, 11) is 7.31. The summed E-state index contributed by atoms with van der Waals surface area (Å²) in [5.41, 5.74) is 5.08. The van der Waals surface area contributed by atoms with E-state index in [1.165, 1.54) is 16.7 Å². The van der Waals surface area contributed by atoms with Crippen molar-refractivity contribution in [3.8, 4) is 11.5 Å². The second-order valence-electron chi connectivity index (χ2n) is 14.6. The molecule has 1 saturated carbocycles. The Balaban J connectivity index is 1.04. The highest BCUT2D eigenvalue weighted by Gasteiger charge is 2.49. The number of ether oxygens (including phenoxy) is 2. The summed E-state index contributed by atoms with van der Waals surface area (Å²) in [5.74, 6) is 2.57. The van der Waals surface area contributed by atoms with E-state index in [4.69, 9.17) is 9.47 Å². The Bertz CT molecular complexity index is 1890. The van der Waals surface area contributed by atoms with E-state index in [0.717, 1.165) is 54.5 Å². The van der Waals surface area contributed by atoms with E-state index in [1.807, 2.05) is 29.9 Å². The van der Waals surface area contributed by atoms with Gasteiger partial charge in [0.2, 0.25) is 11.8 Å². The number of methoxy groups -OCH3 is 2. The molecular formula is C39H50N8O4. The molecule has 0 bridgehead atoms. The van der Waals surface area contributed by atoms with Crippen LogP contribution in [-0.2, 0) is 28.1 Å². The fourth-order valence-corrected chi connectivity index (χ4v) is 8.48. The Kier molecular flexibility index (Phi) is 9.87. The Hall–Kier alpha value is -4.71. The van der Waals surface area contributed by atoms with E-state index >= 15 is 0 Å². The number of carbonyl (C=O) groups is 2. The topological polar surface area (TPSA) is 109 Å². The van der Waals surface area contributed by atoms with Crippen LogP contribution < -0.4 is 14.4 Å². The van der Waals surface area contributed by atoms with E-state index in [2.05, 4.69) is 73.1 Å². The third kappa shape index (κ3) is 6.73. The zero-order valence-corrected chi connectivity index (χ0v) is 30.6. The summed E-state index contributed by atoms with van der Waals surface area (Å²) in [5, 5.41) is 5.59. The van der Waals surface area contributed by atoms with Crippen LogP contribution in [0.4, 0.5) is 5.82 Å². The van der Waals surface area contributed by atoms with Gasteiger partial charge < -0.3 is 29.1 Å². The predicted molar refractivity (Wildman–Crippen MR) is 196 cm³/mol. The van der Waals surface area contributed by atoms with Crippen molar-refractivity contribution in [2.24, 2.45) is 5.92 Å². The first-order valence-corrected chi connectivity index (χ1v) is 18.2. The lowest BCUT2D eigenvalue weighted by Crippen LogP contribution is -2.56. The van der Waals surface area contributed by atoms with Crippen molar-refractivity contribution >= 4 is 28.7 Å². The molecule has 270 valence electrons. The Labute approximate surface area is 300 Å². The van der Waals surface area contributed by atoms with Crippen LogP contribution in [0.3, 0.4) is 0 Å². The first kappa shape index (κ1) is 34.7. The SMILES string of the molecule is COc1cc2c(cc1OC)C1(CCC(C(=O)N3CCN(c4ncnc5c4cnn5Cc4cccc(C)c4)CC3)CC1)N(C(=O)CCN(C)C)CC2. The van der Waals surface area contributed by atoms with Crippen LogP contribution in [0.15, 0.2) is 48.9 Å². The highest BCUT2D eigenvalue weighted by Crippen LogP contribution is 2.50. The van der Waals surface area contributed by atoms with Gasteiger partial charge in [-0.15, -0.1) is 0 Å². The van der Waals surface area contributed by atoms with Crippen molar-refractivity contribution in [2.75, 3.05) is 72.5 Å². The second kappa shape index (κ2) is 14.5. The third-order valence-corrected chi connectivity index (χ3v) is 11.2. The van der Waals surface area contributed by atoms with Crippen LogP contribution in [0.5, 0.6) is 11.5 Å². The molecule has 51 heavy (non-hydrogen) atoms. The van der Waals surface area contributed by atoms with E-state index in [1.54, 1.807) is 20.5 Å². The molecule has 0 N–H and O–H groups in total. The molecule has 1 spiro atoms. The monoisotopic (exact) mass is 694 g/mol. The van der Waals surface area contributed by atoms with E-state index < -0.39 is 5.54 Å². The van der Waals surface area contributed by atoms with Gasteiger partial charge in [0.1, 0.15) is 12.1 Å². The van der Waals surface area contributed by atoms with Crippen molar-refractivity contribution < 1.29 is 19.1 Å². The number of hydrogen-bond donors (Lipinski definition) is 0. The number of amides is 2. The van der Waals surface area contributed by atoms with Gasteiger partial charge >= 0.3 is 0 Å². The molecule has 1 saturated heterocycles. The molecule has 12 nitrogen and oxygen atoms in total. The molecule has 0 radical (unpaired) electrons. The molecule has 0 unspecified atom stereocenters. The molecular weight excluding hydrogens is 644 g/mol. The minimum absolute atomic E-state index is 0.0722. The number of rotatable bonds is 9. The van der Waals surface area contributed by atoms with Crippen LogP contribution in [0, 0.1) is 12.8 Å². The summed E-state index contributed by atoms with van der Waals surface area (Å²) in [6.45, 7) is 6.76. The van der Waals surface area contributed by atoms with Gasteiger partial charge in [-0.3, -0.25) is 9.59 Å². The molecule has 12 heteroatoms. The first-order chi connectivity index (χ1) is 24.7. The Morgan fingerprint density at radius 1 is 0.961 bits per heavy atom. The molecule has 4 aromatic rings. The normalized spacial score (nSPS) is 20.6. The lowest BCUT2D eigenvalue weighted by molar-refractivity contribution is -0.144. The van der Waals surface area contributed by atoms with Crippen LogP contribution in [0.25, 0.3) is 11.0 Å². The van der Waals surface area contributed by atoms with Crippen LogP contribution in [0.1, 0.15) is 54.4 Å². The fourth-order valence-electron chi connectivity index (χ4n) is 8.48. The van der Waals surface area contributed by atoms with Gasteiger partial charge in [-0.05, 0) is 81.9 Å². The summed E-state index contributed by atoms with van der Waals surface area (Å²) >= 11 is 0. The lowest BCUT2D eigenvalue weighted by atomic mass is 9.68. The number of aromatic nitrogens is 4. The largest absolute Gasteiger partial charge is 0.493 e. The molecule has 4 heterocycles. The van der Waals surface area contributed by atoms with Gasteiger partial charge in [-0.2, -0.15) is 5.10 Å². The molecule has 7 rings (SSSR count). The summed E-state index contributed by atoms with van der Waals surface area (Å²) in [6.07, 6.45) is 7.66. The van der Waals surface area contributed by atoms with E-state index in [0.29, 0.717) is 63.7 Å². The van der Waals surface area contributed by atoms with Crippen LogP contribution in [0.2, 0.25) is 0 Å². The first-order valence-electron chi connectivity index (χ1n) is 18.2. The van der Waals surface area contributed by atoms with Crippen molar-refractivity contribution in [1.29, 1.82) is 0 Å². The zero-order valence-electron chi connectivity index (χ0n) is 30.6. The maximum atomic E-state index is 14.0. The molecule has 0 atom stereocenters. The average molecular weight is 695 g/mol. The predicted octanol–water partition coefficient (Wildman–Crippen LogP) is 4.27. The third-order valence-electron chi connectivity index (χ3n) is 11.2. The summed E-state index contributed by atoms with van der Waals surface area (Å²) < 4.78 is 13.3. The zero-order chi connectivity index (χ0) is 35.7. The number of hydrogen-bond acceptors (Lipinski definition) is 9. The van der Waals surface area contributed by atoms with Gasteiger partial charge in [0.25, 0.3) is 0 Å². The Morgan fingerprint density at radius 2 is 1.71 bits per heavy atom. The van der Waals surface area contributed by atoms with Gasteiger partial charge in [-0.25, -0.2) is 14.6 Å². The molecule has 3 aliphatic rings. The summed E-state index contributed by atoms with van der Waals surface area (Å²) in [6, 6.07) is 12.6. The van der Waals surface area contributed by atoms with Gasteiger partial charge in [0, 0.05) is 51.6 Å². The molecule has 2 aliphatic heterocycles. The fraction of sp³-hybridized carbons (Fsp3) is 0.513. The lowest BCUT2D eigenvalue weighted by Gasteiger charge is -2.52. The number of benzene rings is 2. The number of piperazine rings is 1. The maximum Gasteiger partial charge on any atom is 0.225 e. The molecule has 2 aromatic heterocycles. The van der Waals surface area contributed by atoms with Gasteiger partial charge in [-0.1, -0.05) is 29.8 Å². The number of aryl methyl sites for hydroxylation is 1. The maximum absolute atomic E-state index is 14.0. The summed E-state index contributed by atoms with van der Waals surface area (Å²) in [4.78, 5) is 45.5. The minimum Gasteiger partial charge on any atom is -0.493 e. The smallest absolute Gasteiger partial charge is 0.225 e. The molecule has 2 amide bonds. The van der Waals surface area contributed by atoms with Crippen LogP contribution in [-0.4, -0.2) is 114 Å². The molecule has 2 fully saturated rings. The van der Waals surface area contributed by atoms with Gasteiger partial charge in [0.05, 0.1) is 37.9 Å².